The molecule has 11 heteroatoms. The zero-order chi connectivity index (χ0) is 23.6. The van der Waals surface area contributed by atoms with Crippen LogP contribution in [0.3, 0.4) is 0 Å². The van der Waals surface area contributed by atoms with Crippen LogP contribution in [0.2, 0.25) is 5.02 Å². The van der Waals surface area contributed by atoms with Gasteiger partial charge in [-0.2, -0.15) is 8.42 Å². The minimum Gasteiger partial charge on any atom is -0.307 e. The lowest BCUT2D eigenvalue weighted by molar-refractivity contribution is 0.256. The van der Waals surface area contributed by atoms with Crippen molar-refractivity contribution in [3.63, 3.8) is 0 Å². The molecule has 0 spiro atoms. The van der Waals surface area contributed by atoms with Gasteiger partial charge >= 0.3 is 16.2 Å². The number of halogens is 1. The van der Waals surface area contributed by atoms with Crippen molar-refractivity contribution in [1.29, 1.82) is 0 Å². The molecule has 8 nitrogen and oxygen atoms in total. The van der Waals surface area contributed by atoms with E-state index in [4.69, 9.17) is 11.6 Å². The Bertz CT molecular complexity index is 1140. The molecule has 0 aliphatic rings. The molecule has 0 aliphatic carbocycles. The molecular weight excluding hydrogens is 462 g/mol. The average molecular weight is 488 g/mol. The van der Waals surface area contributed by atoms with E-state index in [2.05, 4.69) is 5.32 Å². The summed E-state index contributed by atoms with van der Waals surface area (Å²) < 4.78 is 52.3. The highest BCUT2D eigenvalue weighted by atomic mass is 35.5. The van der Waals surface area contributed by atoms with Crippen molar-refractivity contribution in [2.45, 2.75) is 44.4 Å². The van der Waals surface area contributed by atoms with Crippen molar-refractivity contribution in [3.05, 3.63) is 58.6 Å². The first-order valence-corrected chi connectivity index (χ1v) is 12.7. The number of nitrogens with zero attached hydrogens (tertiary/aromatic N) is 1. The number of hydrogen-bond acceptors (Lipinski definition) is 5. The van der Waals surface area contributed by atoms with Crippen LogP contribution < -0.4 is 10.0 Å². The fourth-order valence-electron chi connectivity index (χ4n) is 2.90. The first-order chi connectivity index (χ1) is 14.3. The predicted octanol–water partition coefficient (Wildman–Crippen LogP) is 4.27. The van der Waals surface area contributed by atoms with Crippen molar-refractivity contribution in [2.75, 3.05) is 12.4 Å². The molecule has 170 valence electrons. The van der Waals surface area contributed by atoms with Crippen molar-refractivity contribution in [3.8, 4) is 0 Å². The molecule has 2 N–H and O–H groups in total. The average Bonchev–Trinajstić information content (AvgIpc) is 2.68. The van der Waals surface area contributed by atoms with Gasteiger partial charge in [0.2, 0.25) is 0 Å². The third kappa shape index (κ3) is 5.76. The Morgan fingerprint density at radius 2 is 1.42 bits per heavy atom. The molecule has 0 radical (unpaired) electrons. The number of sulfonamides is 1. The van der Waals surface area contributed by atoms with Crippen molar-refractivity contribution < 1.29 is 21.6 Å². The summed E-state index contributed by atoms with van der Waals surface area (Å²) in [4.78, 5) is 12.4. The van der Waals surface area contributed by atoms with Crippen LogP contribution in [0.15, 0.2) is 47.4 Å². The normalized spacial score (nSPS) is 12.4. The van der Waals surface area contributed by atoms with Crippen LogP contribution >= 0.6 is 11.6 Å². The number of hydrogen-bond donors (Lipinski definition) is 2. The third-order valence-electron chi connectivity index (χ3n) is 4.59. The van der Waals surface area contributed by atoms with Crippen molar-refractivity contribution in [1.82, 2.24) is 8.43 Å². The van der Waals surface area contributed by atoms with Crippen LogP contribution in [-0.4, -0.2) is 33.6 Å². The molecule has 0 saturated carbocycles. The van der Waals surface area contributed by atoms with Gasteiger partial charge in [-0.05, 0) is 47.2 Å². The van der Waals surface area contributed by atoms with Gasteiger partial charge in [-0.1, -0.05) is 61.2 Å². The Morgan fingerprint density at radius 1 is 0.935 bits per heavy atom. The Morgan fingerprint density at radius 3 is 1.87 bits per heavy atom. The van der Waals surface area contributed by atoms with E-state index in [1.165, 1.54) is 24.3 Å². The maximum absolute atomic E-state index is 12.6. The molecule has 2 rings (SSSR count). The molecule has 2 aromatic rings. The van der Waals surface area contributed by atoms with Gasteiger partial charge in [0.15, 0.2) is 0 Å². The summed E-state index contributed by atoms with van der Waals surface area (Å²) >= 11 is 6.21. The first kappa shape index (κ1) is 25.1. The molecule has 2 aromatic carbocycles. The second-order valence-electron chi connectivity index (χ2n) is 7.53. The van der Waals surface area contributed by atoms with E-state index >= 15 is 0 Å². The molecule has 0 heterocycles. The smallest absolute Gasteiger partial charge is 0.307 e. The van der Waals surface area contributed by atoms with Gasteiger partial charge in [0.1, 0.15) is 0 Å². The van der Waals surface area contributed by atoms with Crippen molar-refractivity contribution >= 4 is 43.6 Å². The molecule has 0 atom stereocenters. The Balaban J connectivity index is 2.34. The number of benzene rings is 2. The maximum Gasteiger partial charge on any atom is 0.333 e. The van der Waals surface area contributed by atoms with E-state index in [0.29, 0.717) is 10.7 Å². The molecule has 0 unspecified atom stereocenters. The number of carbonyl (C=O) groups excluding carboxylic acids is 1. The zero-order valence-electron chi connectivity index (χ0n) is 17.9. The van der Waals surface area contributed by atoms with Crippen LogP contribution in [0, 0.1) is 0 Å². The molecule has 0 aliphatic heterocycles. The van der Waals surface area contributed by atoms with Crippen LogP contribution in [0.5, 0.6) is 0 Å². The lowest BCUT2D eigenvalue weighted by Gasteiger charge is -2.22. The molecule has 0 aromatic heterocycles. The molecule has 31 heavy (non-hydrogen) atoms. The monoisotopic (exact) mass is 487 g/mol. The lowest BCUT2D eigenvalue weighted by atomic mass is 9.92. The molecule has 0 fully saturated rings. The number of nitrogens with one attached hydrogen (secondary N) is 2. The van der Waals surface area contributed by atoms with Gasteiger partial charge in [0, 0.05) is 17.8 Å². The molecule has 0 saturated heterocycles. The maximum atomic E-state index is 12.6. The first-order valence-electron chi connectivity index (χ1n) is 9.48. The van der Waals surface area contributed by atoms with Gasteiger partial charge in [-0.3, -0.25) is 0 Å². The number of rotatable bonds is 7. The molecule has 2 amide bonds. The largest absolute Gasteiger partial charge is 0.333 e. The van der Waals surface area contributed by atoms with E-state index in [1.807, 2.05) is 27.7 Å². The van der Waals surface area contributed by atoms with Crippen LogP contribution in [0.1, 0.15) is 50.7 Å². The second-order valence-corrected chi connectivity index (χ2v) is 11.9. The van der Waals surface area contributed by atoms with E-state index < -0.39 is 26.3 Å². The summed E-state index contributed by atoms with van der Waals surface area (Å²) in [6, 6.07) is 9.38. The Kier molecular flexibility index (Phi) is 7.75. The van der Waals surface area contributed by atoms with Gasteiger partial charge in [-0.15, -0.1) is 0 Å². The minimum absolute atomic E-state index is 0.00996. The standard InChI is InChI=1S/C20H26ClN3O5S2/c1-13(2)17-11-15(21)12-18(14(3)4)19(17)22-20(25)23-31(28,29)24(5)30(26,27)16-9-7-6-8-10-16/h6-14H,1-5H3,(H2,22,23,25). The van der Waals surface area contributed by atoms with E-state index in [9.17, 15) is 21.6 Å². The highest BCUT2D eigenvalue weighted by molar-refractivity contribution is 8.03. The number of urea groups is 1. The summed E-state index contributed by atoms with van der Waals surface area (Å²) in [5, 5.41) is 3.06. The second kappa shape index (κ2) is 9.56. The highest BCUT2D eigenvalue weighted by Crippen LogP contribution is 2.35. The number of amides is 2. The van der Waals surface area contributed by atoms with Crippen LogP contribution in [0.4, 0.5) is 10.5 Å². The van der Waals surface area contributed by atoms with Crippen molar-refractivity contribution in [2.24, 2.45) is 0 Å². The summed E-state index contributed by atoms with van der Waals surface area (Å²) in [6.45, 7) is 7.65. The summed E-state index contributed by atoms with van der Waals surface area (Å²) in [7, 11) is -8.22. The van der Waals surface area contributed by atoms with E-state index in [-0.39, 0.29) is 20.4 Å². The Labute approximate surface area is 188 Å². The van der Waals surface area contributed by atoms with Gasteiger partial charge in [0.05, 0.1) is 4.90 Å². The van der Waals surface area contributed by atoms with E-state index in [1.54, 1.807) is 22.9 Å². The van der Waals surface area contributed by atoms with E-state index in [0.717, 1.165) is 18.2 Å². The van der Waals surface area contributed by atoms with Gasteiger partial charge < -0.3 is 5.32 Å². The predicted molar refractivity (Wildman–Crippen MR) is 122 cm³/mol. The Hall–Kier alpha value is -2.14. The molecular formula is C20H26ClN3O5S2. The summed E-state index contributed by atoms with van der Waals surface area (Å²) in [5.41, 5.74) is 1.90. The van der Waals surface area contributed by atoms with Gasteiger partial charge in [0.25, 0.3) is 10.0 Å². The van der Waals surface area contributed by atoms with Gasteiger partial charge in [-0.25, -0.2) is 17.9 Å². The third-order valence-corrected chi connectivity index (χ3v) is 8.65. The summed E-state index contributed by atoms with van der Waals surface area (Å²) in [5.74, 6) is -0.0199. The molecule has 0 bridgehead atoms. The lowest BCUT2D eigenvalue weighted by Crippen LogP contribution is -2.45. The fraction of sp³-hybridized carbons (Fsp3) is 0.350. The number of carbonyl (C=O) groups is 1. The minimum atomic E-state index is -4.70. The fourth-order valence-corrected chi connectivity index (χ4v) is 5.75. The van der Waals surface area contributed by atoms with Crippen LogP contribution in [0.25, 0.3) is 0 Å². The topological polar surface area (TPSA) is 113 Å². The summed E-state index contributed by atoms with van der Waals surface area (Å²) in [6.07, 6.45) is 0. The quantitative estimate of drug-likeness (QED) is 0.605. The van der Waals surface area contributed by atoms with Crippen LogP contribution in [-0.2, 0) is 20.2 Å². The number of anilines is 1. The highest BCUT2D eigenvalue weighted by Gasteiger charge is 2.33. The zero-order valence-corrected chi connectivity index (χ0v) is 20.3. The SMILES string of the molecule is CC(C)c1cc(Cl)cc(C(C)C)c1NC(=O)NS(=O)(=O)N(C)S(=O)(=O)c1ccccc1.